The van der Waals surface area contributed by atoms with E-state index >= 15 is 0 Å². The van der Waals surface area contributed by atoms with Crippen molar-refractivity contribution >= 4 is 40.5 Å². The molecule has 0 radical (unpaired) electrons. The van der Waals surface area contributed by atoms with Crippen molar-refractivity contribution in [3.05, 3.63) is 33.7 Å². The Balaban J connectivity index is 1.60. The number of benzene rings is 1. The average molecular weight is 461 g/mol. The highest BCUT2D eigenvalue weighted by Crippen LogP contribution is 2.39. The van der Waals surface area contributed by atoms with E-state index < -0.39 is 0 Å². The maximum Gasteiger partial charge on any atom is 0.266 e. The fourth-order valence-corrected chi connectivity index (χ4v) is 6.05. The molecule has 2 aliphatic carbocycles. The number of hydrogen-bond donors (Lipinski definition) is 0. The molecule has 1 aliphatic heterocycles. The second-order valence-corrected chi connectivity index (χ2v) is 10.6. The highest BCUT2D eigenvalue weighted by Gasteiger charge is 2.39. The molecule has 31 heavy (non-hydrogen) atoms. The highest BCUT2D eigenvalue weighted by atomic mass is 35.5. The van der Waals surface area contributed by atoms with Crippen LogP contribution in [-0.2, 0) is 4.79 Å². The van der Waals surface area contributed by atoms with Crippen LogP contribution in [0, 0.1) is 0 Å². The second-order valence-electron chi connectivity index (χ2n) is 9.14. The molecule has 2 saturated carbocycles. The molecule has 4 nitrogen and oxygen atoms in total. The Kier molecular flexibility index (Phi) is 7.65. The van der Waals surface area contributed by atoms with Crippen molar-refractivity contribution in [1.82, 2.24) is 4.90 Å². The van der Waals surface area contributed by atoms with Crippen molar-refractivity contribution in [2.75, 3.05) is 0 Å². The van der Waals surface area contributed by atoms with Crippen LogP contribution in [0.25, 0.3) is 6.08 Å². The van der Waals surface area contributed by atoms with Crippen LogP contribution >= 0.6 is 23.4 Å². The van der Waals surface area contributed by atoms with Gasteiger partial charge in [-0.05, 0) is 75.1 Å². The first-order chi connectivity index (χ1) is 15.0. The number of amides is 1. The summed E-state index contributed by atoms with van der Waals surface area (Å²) in [6.07, 6.45) is 13.9. The third kappa shape index (κ3) is 5.67. The monoisotopic (exact) mass is 460 g/mol. The van der Waals surface area contributed by atoms with E-state index in [-0.39, 0.29) is 18.1 Å². The van der Waals surface area contributed by atoms with Crippen LogP contribution in [0.15, 0.2) is 28.1 Å². The summed E-state index contributed by atoms with van der Waals surface area (Å²) in [4.78, 5) is 21.3. The largest absolute Gasteiger partial charge is 0.489 e. The Morgan fingerprint density at radius 3 is 2.42 bits per heavy atom. The van der Waals surface area contributed by atoms with E-state index in [1.807, 2.05) is 43.0 Å². The summed E-state index contributed by atoms with van der Waals surface area (Å²) < 4.78 is 5.74. The van der Waals surface area contributed by atoms with Crippen molar-refractivity contribution in [2.24, 2.45) is 4.99 Å². The second kappa shape index (κ2) is 10.4. The molecule has 0 N–H and O–H groups in total. The zero-order chi connectivity index (χ0) is 21.8. The van der Waals surface area contributed by atoms with Gasteiger partial charge in [-0.15, -0.1) is 0 Å². The molecule has 6 heteroatoms. The lowest BCUT2D eigenvalue weighted by Gasteiger charge is -2.31. The smallest absolute Gasteiger partial charge is 0.266 e. The van der Waals surface area contributed by atoms with E-state index in [4.69, 9.17) is 21.3 Å². The minimum Gasteiger partial charge on any atom is -0.489 e. The molecular formula is C25H33ClN2O2S. The van der Waals surface area contributed by atoms with Gasteiger partial charge in [-0.25, -0.2) is 0 Å². The molecular weight excluding hydrogens is 428 g/mol. The van der Waals surface area contributed by atoms with E-state index in [1.54, 1.807) is 11.8 Å². The Morgan fingerprint density at radius 1 is 1.10 bits per heavy atom. The molecule has 1 saturated heterocycles. The van der Waals surface area contributed by atoms with Gasteiger partial charge < -0.3 is 4.74 Å². The van der Waals surface area contributed by atoms with E-state index in [9.17, 15) is 4.79 Å². The first kappa shape index (κ1) is 22.7. The Hall–Kier alpha value is -1.46. The normalized spacial score (nSPS) is 24.0. The van der Waals surface area contributed by atoms with E-state index in [1.165, 1.54) is 38.5 Å². The summed E-state index contributed by atoms with van der Waals surface area (Å²) in [5.74, 6) is 0.776. The lowest BCUT2D eigenvalue weighted by Crippen LogP contribution is -2.41. The predicted molar refractivity (Wildman–Crippen MR) is 131 cm³/mol. The number of hydrogen-bond acceptors (Lipinski definition) is 4. The molecule has 3 fully saturated rings. The maximum atomic E-state index is 13.5. The third-order valence-electron chi connectivity index (χ3n) is 6.26. The van der Waals surface area contributed by atoms with Crippen molar-refractivity contribution in [1.29, 1.82) is 0 Å². The van der Waals surface area contributed by atoms with Crippen molar-refractivity contribution in [2.45, 2.75) is 96.2 Å². The van der Waals surface area contributed by atoms with E-state index in [2.05, 4.69) is 0 Å². The predicted octanol–water partition coefficient (Wildman–Crippen LogP) is 7.06. The molecule has 0 spiro atoms. The first-order valence-corrected chi connectivity index (χ1v) is 13.0. The minimum absolute atomic E-state index is 0.0660. The quantitative estimate of drug-likeness (QED) is 0.441. The Bertz CT molecular complexity index is 855. The van der Waals surface area contributed by atoms with Gasteiger partial charge in [-0.2, -0.15) is 0 Å². The molecule has 1 amide bonds. The van der Waals surface area contributed by atoms with Crippen LogP contribution < -0.4 is 4.74 Å². The van der Waals surface area contributed by atoms with E-state index in [0.29, 0.717) is 16.8 Å². The average Bonchev–Trinajstić information content (AvgIpc) is 3.05. The number of halogens is 1. The van der Waals surface area contributed by atoms with Crippen LogP contribution in [-0.4, -0.2) is 34.2 Å². The van der Waals surface area contributed by atoms with Crippen LogP contribution in [0.4, 0.5) is 0 Å². The fraction of sp³-hybridized carbons (Fsp3) is 0.600. The van der Waals surface area contributed by atoms with Gasteiger partial charge in [-0.3, -0.25) is 14.7 Å². The molecule has 0 atom stereocenters. The van der Waals surface area contributed by atoms with Crippen LogP contribution in [0.1, 0.15) is 83.6 Å². The number of amidine groups is 1. The number of carbonyl (C=O) groups is 1. The molecule has 1 heterocycles. The molecule has 3 aliphatic rings. The van der Waals surface area contributed by atoms with Crippen molar-refractivity contribution in [3.63, 3.8) is 0 Å². The van der Waals surface area contributed by atoms with Gasteiger partial charge in [0, 0.05) is 6.04 Å². The zero-order valence-electron chi connectivity index (χ0n) is 18.6. The maximum absolute atomic E-state index is 13.5. The van der Waals surface area contributed by atoms with Gasteiger partial charge in [-0.1, -0.05) is 56.2 Å². The number of carbonyl (C=O) groups excluding carboxylic acids is 1. The molecule has 168 valence electrons. The van der Waals surface area contributed by atoms with Gasteiger partial charge in [0.15, 0.2) is 5.17 Å². The van der Waals surface area contributed by atoms with E-state index in [0.717, 1.165) is 41.3 Å². The van der Waals surface area contributed by atoms with Gasteiger partial charge in [0.25, 0.3) is 5.91 Å². The first-order valence-electron chi connectivity index (χ1n) is 11.8. The Labute approximate surface area is 195 Å². The Morgan fingerprint density at radius 2 is 1.77 bits per heavy atom. The molecule has 1 aromatic rings. The van der Waals surface area contributed by atoms with Gasteiger partial charge in [0.05, 0.1) is 22.1 Å². The van der Waals surface area contributed by atoms with Crippen LogP contribution in [0.2, 0.25) is 5.02 Å². The summed E-state index contributed by atoms with van der Waals surface area (Å²) in [6.45, 7) is 3.96. The number of ether oxygens (including phenoxy) is 1. The van der Waals surface area contributed by atoms with Crippen molar-refractivity contribution in [3.8, 4) is 5.75 Å². The standard InChI is InChI=1S/C25H33ClN2O2S/c1-17(2)30-22-14-13-18(15-21(22)26)16-23-24(29)28(20-11-7-4-8-12-20)25(31-23)27-19-9-5-3-6-10-19/h13-17,19-20H,3-12H2,1-2H3. The lowest BCUT2D eigenvalue weighted by molar-refractivity contribution is -0.124. The number of aliphatic imine (C=N–C) groups is 1. The van der Waals surface area contributed by atoms with Crippen molar-refractivity contribution < 1.29 is 9.53 Å². The SMILES string of the molecule is CC(C)Oc1ccc(C=C2SC(=NC3CCCCC3)N(C3CCCCC3)C2=O)cc1Cl. The topological polar surface area (TPSA) is 41.9 Å². The fourth-order valence-electron chi connectivity index (χ4n) is 4.71. The number of thioether (sulfide) groups is 1. The van der Waals surface area contributed by atoms with Gasteiger partial charge >= 0.3 is 0 Å². The van der Waals surface area contributed by atoms with Crippen LogP contribution in [0.5, 0.6) is 5.75 Å². The number of nitrogens with zero attached hydrogens (tertiary/aromatic N) is 2. The van der Waals surface area contributed by atoms with Crippen LogP contribution in [0.3, 0.4) is 0 Å². The highest BCUT2D eigenvalue weighted by molar-refractivity contribution is 8.18. The summed E-state index contributed by atoms with van der Waals surface area (Å²) in [6, 6.07) is 6.37. The summed E-state index contributed by atoms with van der Waals surface area (Å²) in [7, 11) is 0. The molecule has 0 unspecified atom stereocenters. The zero-order valence-corrected chi connectivity index (χ0v) is 20.2. The van der Waals surface area contributed by atoms with Gasteiger partial charge in [0.1, 0.15) is 5.75 Å². The molecule has 4 rings (SSSR count). The third-order valence-corrected chi connectivity index (χ3v) is 7.55. The lowest BCUT2D eigenvalue weighted by atomic mass is 9.94. The summed E-state index contributed by atoms with van der Waals surface area (Å²) in [5.41, 5.74) is 0.916. The number of rotatable bonds is 5. The molecule has 0 aromatic heterocycles. The summed E-state index contributed by atoms with van der Waals surface area (Å²) in [5, 5.41) is 1.49. The molecule has 1 aromatic carbocycles. The van der Waals surface area contributed by atoms with Gasteiger partial charge in [0.2, 0.25) is 0 Å². The minimum atomic E-state index is 0.0660. The molecule has 0 bridgehead atoms. The summed E-state index contributed by atoms with van der Waals surface area (Å²) >= 11 is 7.97.